The molecule has 0 unspecified atom stereocenters. The summed E-state index contributed by atoms with van der Waals surface area (Å²) >= 11 is 0. The zero-order chi connectivity index (χ0) is 26.6. The fourth-order valence-electron chi connectivity index (χ4n) is 5.00. The van der Waals surface area contributed by atoms with Gasteiger partial charge < -0.3 is 19.7 Å². The number of ether oxygens (including phenoxy) is 2. The van der Waals surface area contributed by atoms with E-state index in [0.717, 1.165) is 36.8 Å². The maximum atomic E-state index is 13.7. The molecular weight excluding hydrogens is 464 g/mol. The van der Waals surface area contributed by atoms with Crippen LogP contribution >= 0.6 is 0 Å². The van der Waals surface area contributed by atoms with E-state index in [1.54, 1.807) is 4.90 Å². The van der Waals surface area contributed by atoms with E-state index >= 15 is 0 Å². The van der Waals surface area contributed by atoms with Crippen LogP contribution in [0.4, 0.5) is 0 Å². The first-order valence-electron chi connectivity index (χ1n) is 14.0. The minimum Gasteiger partial charge on any atom is -0.490 e. The minimum absolute atomic E-state index is 0.0157. The summed E-state index contributed by atoms with van der Waals surface area (Å²) in [4.78, 5) is 28.8. The van der Waals surface area contributed by atoms with Gasteiger partial charge in [-0.15, -0.1) is 0 Å². The van der Waals surface area contributed by atoms with Crippen molar-refractivity contribution >= 4 is 11.8 Å². The number of carbonyl (C=O) groups excluding carboxylic acids is 2. The van der Waals surface area contributed by atoms with Crippen LogP contribution in [0.5, 0.6) is 11.5 Å². The highest BCUT2D eigenvalue weighted by atomic mass is 16.5. The molecule has 1 aliphatic carbocycles. The molecule has 1 N–H and O–H groups in total. The van der Waals surface area contributed by atoms with Crippen molar-refractivity contribution < 1.29 is 19.1 Å². The number of nitrogens with one attached hydrogen (secondary N) is 1. The van der Waals surface area contributed by atoms with Gasteiger partial charge in [0.05, 0.1) is 13.2 Å². The molecule has 2 aromatic carbocycles. The summed E-state index contributed by atoms with van der Waals surface area (Å²) < 4.78 is 11.4. The Balaban J connectivity index is 1.76. The molecule has 3 rings (SSSR count). The largest absolute Gasteiger partial charge is 0.490 e. The molecule has 1 aliphatic rings. The molecule has 6 nitrogen and oxygen atoms in total. The molecule has 1 saturated carbocycles. The fourth-order valence-corrected chi connectivity index (χ4v) is 5.00. The van der Waals surface area contributed by atoms with Crippen LogP contribution in [-0.4, -0.2) is 42.0 Å². The van der Waals surface area contributed by atoms with E-state index in [9.17, 15) is 9.59 Å². The van der Waals surface area contributed by atoms with Gasteiger partial charge in [0.15, 0.2) is 11.5 Å². The standard InChI is InChI=1S/C31H44N2O4/c1-5-27(31(35)32-26-11-9-8-10-12-26)33(22-25-15-13-23(4)14-16-25)30(34)20-18-24-17-19-28(36-6-2)29(21-24)37-7-3/h13-17,19,21,26-27H,5-12,18,20,22H2,1-4H3,(H,32,35)/t27-/m1/s1. The SMILES string of the molecule is CCOc1ccc(CCC(=O)N(Cc2ccc(C)cc2)[C@H](CC)C(=O)NC2CCCCC2)cc1OCC. The summed E-state index contributed by atoms with van der Waals surface area (Å²) in [5.74, 6) is 1.36. The number of aryl methyl sites for hydroxylation is 2. The molecule has 2 aromatic rings. The molecule has 0 aromatic heterocycles. The first-order valence-corrected chi connectivity index (χ1v) is 14.0. The van der Waals surface area contributed by atoms with Gasteiger partial charge >= 0.3 is 0 Å². The Hall–Kier alpha value is -3.02. The summed E-state index contributed by atoms with van der Waals surface area (Å²) in [5.41, 5.74) is 3.21. The van der Waals surface area contributed by atoms with Crippen molar-refractivity contribution in [3.05, 3.63) is 59.2 Å². The third-order valence-corrected chi connectivity index (χ3v) is 7.05. The fraction of sp³-hybridized carbons (Fsp3) is 0.548. The van der Waals surface area contributed by atoms with Crippen molar-refractivity contribution in [3.63, 3.8) is 0 Å². The number of nitrogens with zero attached hydrogens (tertiary/aromatic N) is 1. The summed E-state index contributed by atoms with van der Waals surface area (Å²) in [7, 11) is 0. The number of hydrogen-bond donors (Lipinski definition) is 1. The zero-order valence-electron chi connectivity index (χ0n) is 23.1. The lowest BCUT2D eigenvalue weighted by Crippen LogP contribution is -2.51. The Labute approximate surface area is 222 Å². The second-order valence-electron chi connectivity index (χ2n) is 9.92. The van der Waals surface area contributed by atoms with Crippen molar-refractivity contribution in [1.82, 2.24) is 10.2 Å². The van der Waals surface area contributed by atoms with Gasteiger partial charge in [-0.25, -0.2) is 0 Å². The Kier molecular flexibility index (Phi) is 11.3. The summed E-state index contributed by atoms with van der Waals surface area (Å²) in [5, 5.41) is 3.25. The number of amides is 2. The number of benzene rings is 2. The Morgan fingerprint density at radius 3 is 2.22 bits per heavy atom. The van der Waals surface area contributed by atoms with E-state index in [0.29, 0.717) is 50.5 Å². The quantitative estimate of drug-likeness (QED) is 0.361. The Morgan fingerprint density at radius 1 is 0.919 bits per heavy atom. The first kappa shape index (κ1) is 28.5. The molecule has 1 fully saturated rings. The van der Waals surface area contributed by atoms with Gasteiger partial charge in [-0.2, -0.15) is 0 Å². The van der Waals surface area contributed by atoms with E-state index in [1.165, 1.54) is 12.0 Å². The highest BCUT2D eigenvalue weighted by molar-refractivity contribution is 5.88. The lowest BCUT2D eigenvalue weighted by Gasteiger charge is -2.33. The van der Waals surface area contributed by atoms with Crippen LogP contribution < -0.4 is 14.8 Å². The lowest BCUT2D eigenvalue weighted by atomic mass is 9.95. The van der Waals surface area contributed by atoms with Crippen molar-refractivity contribution in [2.45, 2.75) is 97.7 Å². The van der Waals surface area contributed by atoms with Crippen molar-refractivity contribution in [1.29, 1.82) is 0 Å². The van der Waals surface area contributed by atoms with Crippen molar-refractivity contribution in [3.8, 4) is 11.5 Å². The van der Waals surface area contributed by atoms with E-state index in [4.69, 9.17) is 9.47 Å². The molecule has 0 heterocycles. The highest BCUT2D eigenvalue weighted by Crippen LogP contribution is 2.29. The molecule has 0 radical (unpaired) electrons. The molecule has 202 valence electrons. The summed E-state index contributed by atoms with van der Waals surface area (Å²) in [6.45, 7) is 9.45. The smallest absolute Gasteiger partial charge is 0.243 e. The van der Waals surface area contributed by atoms with Gasteiger partial charge in [0, 0.05) is 19.0 Å². The van der Waals surface area contributed by atoms with Crippen LogP contribution in [0.25, 0.3) is 0 Å². The van der Waals surface area contributed by atoms with Gasteiger partial charge in [0.25, 0.3) is 0 Å². The Morgan fingerprint density at radius 2 is 1.57 bits per heavy atom. The van der Waals surface area contributed by atoms with Crippen LogP contribution in [-0.2, 0) is 22.6 Å². The molecule has 0 bridgehead atoms. The summed E-state index contributed by atoms with van der Waals surface area (Å²) in [6, 6.07) is 13.8. The molecular formula is C31H44N2O4. The van der Waals surface area contributed by atoms with Crippen LogP contribution in [0.3, 0.4) is 0 Å². The normalized spacial score (nSPS) is 14.6. The number of hydrogen-bond acceptors (Lipinski definition) is 4. The predicted octanol–water partition coefficient (Wildman–Crippen LogP) is 5.98. The predicted molar refractivity (Wildman–Crippen MR) is 148 cm³/mol. The number of carbonyl (C=O) groups is 2. The van der Waals surface area contributed by atoms with Crippen molar-refractivity contribution in [2.75, 3.05) is 13.2 Å². The van der Waals surface area contributed by atoms with E-state index in [-0.39, 0.29) is 17.9 Å². The molecule has 0 spiro atoms. The van der Waals surface area contributed by atoms with Crippen molar-refractivity contribution in [2.24, 2.45) is 0 Å². The second kappa shape index (κ2) is 14.7. The van der Waals surface area contributed by atoms with Gasteiger partial charge in [-0.3, -0.25) is 9.59 Å². The third-order valence-electron chi connectivity index (χ3n) is 7.05. The molecule has 2 amide bonds. The maximum Gasteiger partial charge on any atom is 0.243 e. The van der Waals surface area contributed by atoms with E-state index in [2.05, 4.69) is 17.4 Å². The molecule has 0 aliphatic heterocycles. The average Bonchev–Trinajstić information content (AvgIpc) is 2.90. The Bertz CT molecular complexity index is 999. The summed E-state index contributed by atoms with van der Waals surface area (Å²) in [6.07, 6.45) is 7.04. The van der Waals surface area contributed by atoms with Crippen LogP contribution in [0, 0.1) is 6.92 Å². The molecule has 37 heavy (non-hydrogen) atoms. The number of rotatable bonds is 13. The minimum atomic E-state index is -0.491. The molecule has 1 atom stereocenters. The van der Waals surface area contributed by atoms with Crippen LogP contribution in [0.15, 0.2) is 42.5 Å². The van der Waals surface area contributed by atoms with Gasteiger partial charge in [-0.05, 0) is 69.7 Å². The van der Waals surface area contributed by atoms with Gasteiger partial charge in [0.2, 0.25) is 11.8 Å². The van der Waals surface area contributed by atoms with Crippen LogP contribution in [0.1, 0.15) is 82.4 Å². The monoisotopic (exact) mass is 508 g/mol. The second-order valence-corrected chi connectivity index (χ2v) is 9.92. The van der Waals surface area contributed by atoms with E-state index < -0.39 is 6.04 Å². The molecule has 0 saturated heterocycles. The molecule has 6 heteroatoms. The maximum absolute atomic E-state index is 13.7. The average molecular weight is 509 g/mol. The van der Waals surface area contributed by atoms with Gasteiger partial charge in [0.1, 0.15) is 6.04 Å². The topological polar surface area (TPSA) is 67.9 Å². The van der Waals surface area contributed by atoms with Gasteiger partial charge in [-0.1, -0.05) is 62.1 Å². The first-order chi connectivity index (χ1) is 17.9. The third kappa shape index (κ3) is 8.51. The highest BCUT2D eigenvalue weighted by Gasteiger charge is 2.30. The van der Waals surface area contributed by atoms with Crippen LogP contribution in [0.2, 0.25) is 0 Å². The zero-order valence-corrected chi connectivity index (χ0v) is 23.1. The van der Waals surface area contributed by atoms with E-state index in [1.807, 2.05) is 58.0 Å². The lowest BCUT2D eigenvalue weighted by molar-refractivity contribution is -0.141.